The maximum absolute atomic E-state index is 5.98. The van der Waals surface area contributed by atoms with Crippen LogP contribution in [0.5, 0.6) is 0 Å². The normalized spacial score (nSPS) is 11.8. The van der Waals surface area contributed by atoms with Crippen molar-refractivity contribution in [3.63, 3.8) is 0 Å². The monoisotopic (exact) mass is 254 g/mol. The Morgan fingerprint density at radius 3 is 2.24 bits per heavy atom. The first-order chi connectivity index (χ1) is 7.97. The van der Waals surface area contributed by atoms with E-state index in [0.29, 0.717) is 11.8 Å². The van der Waals surface area contributed by atoms with Crippen molar-refractivity contribution in [1.29, 1.82) is 0 Å². The third kappa shape index (κ3) is 6.04. The van der Waals surface area contributed by atoms with Crippen LogP contribution in [-0.2, 0) is 6.54 Å². The molecule has 1 aromatic rings. The second kappa shape index (κ2) is 6.97. The van der Waals surface area contributed by atoms with Crippen LogP contribution in [0.15, 0.2) is 18.3 Å². The maximum atomic E-state index is 5.98. The predicted octanol–water partition coefficient (Wildman–Crippen LogP) is 3.85. The summed E-state index contributed by atoms with van der Waals surface area (Å²) in [5.41, 5.74) is 1.05. The van der Waals surface area contributed by atoms with Crippen LogP contribution in [0.1, 0.15) is 33.4 Å². The Kier molecular flexibility index (Phi) is 5.93. The van der Waals surface area contributed by atoms with Crippen molar-refractivity contribution in [1.82, 2.24) is 9.88 Å². The Bertz CT molecular complexity index is 327. The summed E-state index contributed by atoms with van der Waals surface area (Å²) in [6.45, 7) is 12.1. The number of halogens is 1. The molecule has 2 nitrogen and oxygen atoms in total. The van der Waals surface area contributed by atoms with Gasteiger partial charge in [0.25, 0.3) is 0 Å². The highest BCUT2D eigenvalue weighted by Gasteiger charge is 2.10. The Balaban J connectivity index is 2.64. The lowest BCUT2D eigenvalue weighted by Gasteiger charge is -2.25. The molecule has 0 atom stereocenters. The summed E-state index contributed by atoms with van der Waals surface area (Å²) in [5.74, 6) is 1.35. The van der Waals surface area contributed by atoms with Crippen LogP contribution in [0.3, 0.4) is 0 Å². The molecule has 0 bridgehead atoms. The van der Waals surface area contributed by atoms with E-state index in [1.54, 1.807) is 6.20 Å². The van der Waals surface area contributed by atoms with Crippen molar-refractivity contribution < 1.29 is 0 Å². The Labute approximate surface area is 110 Å². The van der Waals surface area contributed by atoms with Gasteiger partial charge in [-0.2, -0.15) is 0 Å². The zero-order chi connectivity index (χ0) is 12.8. The molecule has 0 aliphatic rings. The van der Waals surface area contributed by atoms with E-state index in [2.05, 4.69) is 37.6 Å². The van der Waals surface area contributed by atoms with E-state index in [1.807, 2.05) is 12.1 Å². The van der Waals surface area contributed by atoms with Crippen LogP contribution >= 0.6 is 11.6 Å². The van der Waals surface area contributed by atoms with Crippen molar-refractivity contribution in [2.45, 2.75) is 34.2 Å². The SMILES string of the molecule is CC(C)CN(Cc1cc(Cl)ccn1)CC(C)C. The van der Waals surface area contributed by atoms with E-state index in [9.17, 15) is 0 Å². The highest BCUT2D eigenvalue weighted by atomic mass is 35.5. The first-order valence-electron chi connectivity index (χ1n) is 6.30. The van der Waals surface area contributed by atoms with E-state index in [1.165, 1.54) is 0 Å². The van der Waals surface area contributed by atoms with Gasteiger partial charge in [-0.3, -0.25) is 9.88 Å². The third-order valence-electron chi connectivity index (χ3n) is 2.41. The topological polar surface area (TPSA) is 16.1 Å². The van der Waals surface area contributed by atoms with Crippen LogP contribution in [0.25, 0.3) is 0 Å². The van der Waals surface area contributed by atoms with E-state index < -0.39 is 0 Å². The molecule has 0 radical (unpaired) electrons. The predicted molar refractivity (Wildman–Crippen MR) is 74.2 cm³/mol. The van der Waals surface area contributed by atoms with E-state index in [0.717, 1.165) is 30.4 Å². The molecule has 0 saturated carbocycles. The fraction of sp³-hybridized carbons (Fsp3) is 0.643. The number of pyridine rings is 1. The summed E-state index contributed by atoms with van der Waals surface area (Å²) in [6, 6.07) is 3.77. The number of nitrogens with zero attached hydrogens (tertiary/aromatic N) is 2. The summed E-state index contributed by atoms with van der Waals surface area (Å²) >= 11 is 5.98. The van der Waals surface area contributed by atoms with Gasteiger partial charge >= 0.3 is 0 Å². The number of aromatic nitrogens is 1. The molecule has 17 heavy (non-hydrogen) atoms. The van der Waals surface area contributed by atoms with Gasteiger partial charge in [0.2, 0.25) is 0 Å². The summed E-state index contributed by atoms with van der Waals surface area (Å²) in [4.78, 5) is 6.82. The lowest BCUT2D eigenvalue weighted by Crippen LogP contribution is -2.31. The average molecular weight is 255 g/mol. The lowest BCUT2D eigenvalue weighted by atomic mass is 10.1. The van der Waals surface area contributed by atoms with Crippen LogP contribution in [0, 0.1) is 11.8 Å². The Morgan fingerprint density at radius 1 is 1.18 bits per heavy atom. The quantitative estimate of drug-likeness (QED) is 0.767. The average Bonchev–Trinajstić information content (AvgIpc) is 2.14. The molecule has 0 aliphatic carbocycles. The number of rotatable bonds is 6. The van der Waals surface area contributed by atoms with Crippen LogP contribution in [0.2, 0.25) is 5.02 Å². The van der Waals surface area contributed by atoms with Gasteiger partial charge in [-0.05, 0) is 24.0 Å². The standard InChI is InChI=1S/C14H23ClN2/c1-11(2)8-17(9-12(3)4)10-14-7-13(15)5-6-16-14/h5-7,11-12H,8-10H2,1-4H3. The molecule has 0 aliphatic heterocycles. The van der Waals surface area contributed by atoms with Crippen molar-refractivity contribution in [2.24, 2.45) is 11.8 Å². The minimum atomic E-state index is 0.674. The van der Waals surface area contributed by atoms with Gasteiger partial charge < -0.3 is 0 Å². The van der Waals surface area contributed by atoms with Crippen molar-refractivity contribution in [3.05, 3.63) is 29.0 Å². The molecule has 3 heteroatoms. The lowest BCUT2D eigenvalue weighted by molar-refractivity contribution is 0.209. The summed E-state index contributed by atoms with van der Waals surface area (Å²) < 4.78 is 0. The molecule has 0 aromatic carbocycles. The first kappa shape index (κ1) is 14.5. The molecular formula is C14H23ClN2. The molecule has 1 aromatic heterocycles. The van der Waals surface area contributed by atoms with Crippen LogP contribution in [0.4, 0.5) is 0 Å². The van der Waals surface area contributed by atoms with Crippen molar-refractivity contribution >= 4 is 11.6 Å². The molecule has 96 valence electrons. The molecule has 0 saturated heterocycles. The summed E-state index contributed by atoms with van der Waals surface area (Å²) in [5, 5.41) is 0.768. The zero-order valence-corrected chi connectivity index (χ0v) is 12.0. The zero-order valence-electron chi connectivity index (χ0n) is 11.3. The molecule has 0 unspecified atom stereocenters. The van der Waals surface area contributed by atoms with Crippen LogP contribution in [-0.4, -0.2) is 23.0 Å². The molecule has 1 heterocycles. The summed E-state index contributed by atoms with van der Waals surface area (Å²) in [7, 11) is 0. The van der Waals surface area contributed by atoms with Crippen LogP contribution < -0.4 is 0 Å². The van der Waals surface area contributed by atoms with E-state index >= 15 is 0 Å². The van der Waals surface area contributed by atoms with Gasteiger partial charge in [-0.15, -0.1) is 0 Å². The molecule has 0 N–H and O–H groups in total. The van der Waals surface area contributed by atoms with E-state index in [4.69, 9.17) is 11.6 Å². The fourth-order valence-electron chi connectivity index (χ4n) is 2.00. The smallest absolute Gasteiger partial charge is 0.0558 e. The summed E-state index contributed by atoms with van der Waals surface area (Å²) in [6.07, 6.45) is 1.78. The first-order valence-corrected chi connectivity index (χ1v) is 6.68. The molecule has 0 spiro atoms. The Hall–Kier alpha value is -0.600. The fourth-order valence-corrected chi connectivity index (χ4v) is 2.18. The Morgan fingerprint density at radius 2 is 1.76 bits per heavy atom. The molecular weight excluding hydrogens is 232 g/mol. The van der Waals surface area contributed by atoms with Crippen molar-refractivity contribution in [3.8, 4) is 0 Å². The second-order valence-corrected chi connectivity index (χ2v) is 5.88. The third-order valence-corrected chi connectivity index (χ3v) is 2.65. The van der Waals surface area contributed by atoms with Crippen molar-refractivity contribution in [2.75, 3.05) is 13.1 Å². The van der Waals surface area contributed by atoms with Gasteiger partial charge in [0.05, 0.1) is 5.69 Å². The molecule has 0 amide bonds. The number of hydrogen-bond donors (Lipinski definition) is 0. The van der Waals surface area contributed by atoms with Gasteiger partial charge in [0, 0.05) is 30.9 Å². The highest BCUT2D eigenvalue weighted by Crippen LogP contribution is 2.12. The minimum absolute atomic E-state index is 0.674. The van der Waals surface area contributed by atoms with Gasteiger partial charge in [0.15, 0.2) is 0 Å². The largest absolute Gasteiger partial charge is 0.297 e. The maximum Gasteiger partial charge on any atom is 0.0558 e. The molecule has 1 rings (SSSR count). The number of hydrogen-bond acceptors (Lipinski definition) is 2. The van der Waals surface area contributed by atoms with Gasteiger partial charge in [-0.25, -0.2) is 0 Å². The van der Waals surface area contributed by atoms with E-state index in [-0.39, 0.29) is 0 Å². The molecule has 0 fully saturated rings. The highest BCUT2D eigenvalue weighted by molar-refractivity contribution is 6.30. The minimum Gasteiger partial charge on any atom is -0.297 e. The van der Waals surface area contributed by atoms with Gasteiger partial charge in [0.1, 0.15) is 0 Å². The second-order valence-electron chi connectivity index (χ2n) is 5.45. The van der Waals surface area contributed by atoms with Gasteiger partial charge in [-0.1, -0.05) is 39.3 Å².